The average molecular weight is 496 g/mol. The van der Waals surface area contributed by atoms with Crippen LogP contribution in [0.4, 0.5) is 0 Å². The van der Waals surface area contributed by atoms with Crippen molar-refractivity contribution >= 4 is 27.7 Å². The van der Waals surface area contributed by atoms with Crippen molar-refractivity contribution < 1.29 is 9.16 Å². The van der Waals surface area contributed by atoms with Crippen LogP contribution in [0.2, 0.25) is 22.9 Å². The van der Waals surface area contributed by atoms with Gasteiger partial charge in [0.25, 0.3) is 0 Å². The molecule has 0 amide bonds. The van der Waals surface area contributed by atoms with E-state index in [1.165, 1.54) is 4.46 Å². The molecule has 164 valence electrons. The van der Waals surface area contributed by atoms with Gasteiger partial charge in [-0.2, -0.15) is 0 Å². The molecular formula is C22H32N2O4SeSi. The summed E-state index contributed by atoms with van der Waals surface area (Å²) in [5.74, 6) is 0. The standard InChI is InChI=1S/C22H32N2O4SeSi/c1-15-13-24(21(26)23-19(15)25)20-18(29-17-10-8-7-9-11-17)12-16(28-20)14-27-30(5,6)22(2,3)4/h7-11,13,16,18,20H,12,14H2,1-6H3,(H,23,25,26)/t16-,18+,20+/m0/s1. The summed E-state index contributed by atoms with van der Waals surface area (Å²) in [6.07, 6.45) is 1.98. The predicted octanol–water partition coefficient (Wildman–Crippen LogP) is 2.97. The summed E-state index contributed by atoms with van der Waals surface area (Å²) in [6, 6.07) is 10.3. The van der Waals surface area contributed by atoms with Gasteiger partial charge in [-0.25, -0.2) is 0 Å². The van der Waals surface area contributed by atoms with Crippen LogP contribution in [0.3, 0.4) is 0 Å². The van der Waals surface area contributed by atoms with E-state index in [1.807, 2.05) is 18.2 Å². The zero-order valence-corrected chi connectivity index (χ0v) is 21.3. The molecule has 0 saturated carbocycles. The Morgan fingerprint density at radius 2 is 1.90 bits per heavy atom. The van der Waals surface area contributed by atoms with E-state index in [2.05, 4.69) is 51.0 Å². The van der Waals surface area contributed by atoms with Crippen molar-refractivity contribution in [2.75, 3.05) is 6.61 Å². The molecule has 2 heterocycles. The second-order valence-electron chi connectivity index (χ2n) is 9.40. The van der Waals surface area contributed by atoms with Gasteiger partial charge < -0.3 is 0 Å². The van der Waals surface area contributed by atoms with Gasteiger partial charge in [0.1, 0.15) is 0 Å². The number of nitrogens with one attached hydrogen (secondary N) is 1. The van der Waals surface area contributed by atoms with Gasteiger partial charge in [-0.05, 0) is 0 Å². The number of aromatic amines is 1. The van der Waals surface area contributed by atoms with Gasteiger partial charge in [-0.15, -0.1) is 0 Å². The Morgan fingerprint density at radius 1 is 1.23 bits per heavy atom. The number of nitrogens with zero attached hydrogens (tertiary/aromatic N) is 1. The third-order valence-corrected chi connectivity index (χ3v) is 13.2. The first-order chi connectivity index (χ1) is 14.0. The van der Waals surface area contributed by atoms with Crippen LogP contribution in [0.25, 0.3) is 0 Å². The summed E-state index contributed by atoms with van der Waals surface area (Å²) in [5.41, 5.74) is -0.266. The number of aryl methyl sites for hydroxylation is 1. The molecule has 1 N–H and O–H groups in total. The average Bonchev–Trinajstić information content (AvgIpc) is 3.05. The number of hydrogen-bond donors (Lipinski definition) is 1. The van der Waals surface area contributed by atoms with E-state index in [1.54, 1.807) is 17.7 Å². The van der Waals surface area contributed by atoms with Crippen LogP contribution in [0.5, 0.6) is 0 Å². The Balaban J connectivity index is 1.84. The zero-order chi connectivity index (χ0) is 22.1. The fourth-order valence-electron chi connectivity index (χ4n) is 3.14. The van der Waals surface area contributed by atoms with E-state index in [9.17, 15) is 9.59 Å². The predicted molar refractivity (Wildman–Crippen MR) is 123 cm³/mol. The van der Waals surface area contributed by atoms with E-state index in [0.717, 1.165) is 6.42 Å². The van der Waals surface area contributed by atoms with Crippen molar-refractivity contribution in [1.29, 1.82) is 0 Å². The first-order valence-electron chi connectivity index (χ1n) is 10.3. The molecule has 1 aromatic carbocycles. The second-order valence-corrected chi connectivity index (χ2v) is 17.0. The molecule has 1 aliphatic heterocycles. The van der Waals surface area contributed by atoms with Crippen LogP contribution in [0, 0.1) is 6.92 Å². The number of aromatic nitrogens is 2. The minimum atomic E-state index is -1.89. The summed E-state index contributed by atoms with van der Waals surface area (Å²) in [5, 5.41) is 0.130. The molecule has 1 saturated heterocycles. The fourth-order valence-corrected chi connectivity index (χ4v) is 6.88. The maximum atomic E-state index is 12.5. The summed E-state index contributed by atoms with van der Waals surface area (Å²) in [7, 11) is -1.89. The first-order valence-corrected chi connectivity index (χ1v) is 15.1. The Bertz CT molecular complexity index is 981. The molecule has 1 aromatic heterocycles. The van der Waals surface area contributed by atoms with E-state index < -0.39 is 20.2 Å². The molecule has 0 bridgehead atoms. The third-order valence-electron chi connectivity index (χ3n) is 6.03. The molecule has 6 nitrogen and oxygen atoms in total. The van der Waals surface area contributed by atoms with Gasteiger partial charge in [0.15, 0.2) is 0 Å². The van der Waals surface area contributed by atoms with Gasteiger partial charge in [0.2, 0.25) is 0 Å². The molecule has 30 heavy (non-hydrogen) atoms. The van der Waals surface area contributed by atoms with Crippen molar-refractivity contribution in [2.45, 2.75) is 69.4 Å². The van der Waals surface area contributed by atoms with Gasteiger partial charge in [0, 0.05) is 0 Å². The normalized spacial score (nSPS) is 22.4. The topological polar surface area (TPSA) is 73.3 Å². The van der Waals surface area contributed by atoms with Crippen LogP contribution in [0.1, 0.15) is 39.0 Å². The molecule has 0 unspecified atom stereocenters. The molecule has 3 rings (SSSR count). The molecule has 0 radical (unpaired) electrons. The van der Waals surface area contributed by atoms with E-state index in [-0.39, 0.29) is 36.5 Å². The Morgan fingerprint density at radius 3 is 2.53 bits per heavy atom. The summed E-state index contributed by atoms with van der Waals surface area (Å²) in [4.78, 5) is 27.0. The molecule has 8 heteroatoms. The van der Waals surface area contributed by atoms with Crippen molar-refractivity contribution in [3.05, 3.63) is 62.9 Å². The van der Waals surface area contributed by atoms with E-state index in [4.69, 9.17) is 9.16 Å². The van der Waals surface area contributed by atoms with Crippen molar-refractivity contribution in [2.24, 2.45) is 0 Å². The monoisotopic (exact) mass is 496 g/mol. The molecular weight excluding hydrogens is 463 g/mol. The molecule has 0 spiro atoms. The fraction of sp³-hybridized carbons (Fsp3) is 0.545. The van der Waals surface area contributed by atoms with Gasteiger partial charge >= 0.3 is 185 Å². The Kier molecular flexibility index (Phi) is 6.94. The molecule has 3 atom stereocenters. The number of benzene rings is 1. The summed E-state index contributed by atoms with van der Waals surface area (Å²) >= 11 is 0.126. The number of H-pyrrole nitrogens is 1. The van der Waals surface area contributed by atoms with E-state index >= 15 is 0 Å². The number of rotatable bonds is 6. The van der Waals surface area contributed by atoms with Crippen molar-refractivity contribution in [1.82, 2.24) is 9.55 Å². The van der Waals surface area contributed by atoms with Crippen LogP contribution < -0.4 is 15.7 Å². The van der Waals surface area contributed by atoms with Crippen LogP contribution in [0.15, 0.2) is 46.1 Å². The van der Waals surface area contributed by atoms with Crippen LogP contribution in [-0.2, 0) is 9.16 Å². The van der Waals surface area contributed by atoms with E-state index in [0.29, 0.717) is 12.2 Å². The third kappa shape index (κ3) is 5.24. The maximum absolute atomic E-state index is 12.5. The molecule has 1 fully saturated rings. The van der Waals surface area contributed by atoms with Gasteiger partial charge in [-0.1, -0.05) is 0 Å². The molecule has 2 aromatic rings. The summed E-state index contributed by atoms with van der Waals surface area (Å²) < 4.78 is 15.6. The van der Waals surface area contributed by atoms with Crippen molar-refractivity contribution in [3.8, 4) is 0 Å². The van der Waals surface area contributed by atoms with Gasteiger partial charge in [0.05, 0.1) is 0 Å². The number of hydrogen-bond acceptors (Lipinski definition) is 4. The van der Waals surface area contributed by atoms with Gasteiger partial charge in [-0.3, -0.25) is 0 Å². The molecule has 0 aliphatic carbocycles. The van der Waals surface area contributed by atoms with Crippen molar-refractivity contribution in [3.63, 3.8) is 0 Å². The number of ether oxygens (including phenoxy) is 1. The Hall–Kier alpha value is -1.44. The quantitative estimate of drug-likeness (QED) is 0.626. The van der Waals surface area contributed by atoms with Crippen LogP contribution in [-0.4, -0.2) is 45.5 Å². The van der Waals surface area contributed by atoms with Crippen LogP contribution >= 0.6 is 0 Å². The molecule has 1 aliphatic rings. The zero-order valence-electron chi connectivity index (χ0n) is 18.6. The minimum absolute atomic E-state index is 0.0705. The summed E-state index contributed by atoms with van der Waals surface area (Å²) in [6.45, 7) is 13.4. The first kappa shape index (κ1) is 23.2. The SMILES string of the molecule is Cc1cn([C@@H]2O[C@H](CO[Si](C)(C)C(C)(C)C)C[C@H]2[Se]c2ccccc2)c(=O)[nH]c1=O. The Labute approximate surface area is 185 Å². The second kappa shape index (κ2) is 8.97.